The van der Waals surface area contributed by atoms with Gasteiger partial charge < -0.3 is 80.5 Å². The van der Waals surface area contributed by atoms with E-state index in [0.717, 1.165) is 0 Å². The Labute approximate surface area is 441 Å². The standard InChI is InChI=1S/C45H77N17O10S2/c1-6-24(4)35(62-39(66)30(11-9-13-52-45(48)49)56-37(64)28(47)19-73)43(70)60-33(16-27-18-51-22-54-27)42(69)59-31(14-23(2)3)40(67)55-25(5)36(63)58-32(15-26-17-50-21-53-26)41(68)57-29(10-7-8-12-46)38(65)61-34(20-74)44(71)72/h17-18,21-25,28-35,73-74H,6-16,19-20,46-47H2,1-5H3,(H,50,53)(H,51,54)(H,55,67)(H,56,64)(H,57,68)(H,58,63)(H,59,69)(H,60,70)(H,61,65)(H,62,66)(H,71,72)(H4,48,49,52)/t24-,25-,28-,29-,30-,31-,32-,33-,34-,35-/m0/s1. The molecule has 29 heteroatoms. The molecule has 2 aromatic rings. The molecule has 0 spiro atoms. The number of unbranched alkanes of at least 4 members (excludes halogenated alkanes) is 1. The maximum absolute atomic E-state index is 14.3. The summed E-state index contributed by atoms with van der Waals surface area (Å²) >= 11 is 8.07. The Morgan fingerprint density at radius 2 is 1.09 bits per heavy atom. The second-order valence-electron chi connectivity index (χ2n) is 18.2. The van der Waals surface area contributed by atoms with Crippen LogP contribution in [0.2, 0.25) is 0 Å². The van der Waals surface area contributed by atoms with Crippen molar-refractivity contribution in [2.24, 2.45) is 39.8 Å². The van der Waals surface area contributed by atoms with E-state index < -0.39 is 114 Å². The number of carbonyl (C=O) groups excluding carboxylic acids is 8. The van der Waals surface area contributed by atoms with Crippen LogP contribution in [0, 0.1) is 11.8 Å². The lowest BCUT2D eigenvalue weighted by Gasteiger charge is -2.29. The Bertz CT molecular complexity index is 2150. The molecular weight excluding hydrogens is 1000 g/mol. The molecule has 0 saturated carbocycles. The Morgan fingerprint density at radius 3 is 1.57 bits per heavy atom. The van der Waals surface area contributed by atoms with Gasteiger partial charge in [0.05, 0.1) is 18.7 Å². The third-order valence-corrected chi connectivity index (χ3v) is 12.4. The fourth-order valence-corrected chi connectivity index (χ4v) is 7.56. The summed E-state index contributed by atoms with van der Waals surface area (Å²) in [7, 11) is 0. The van der Waals surface area contributed by atoms with Crippen LogP contribution < -0.4 is 65.5 Å². The van der Waals surface area contributed by atoms with Crippen LogP contribution in [0.15, 0.2) is 30.0 Å². The first-order valence-electron chi connectivity index (χ1n) is 24.4. The highest BCUT2D eigenvalue weighted by atomic mass is 32.1. The van der Waals surface area contributed by atoms with E-state index in [4.69, 9.17) is 22.9 Å². The molecule has 0 aliphatic heterocycles. The number of guanidine groups is 1. The minimum absolute atomic E-state index is 0.00697. The molecule has 0 aliphatic rings. The van der Waals surface area contributed by atoms with Gasteiger partial charge in [0.25, 0.3) is 0 Å². The second kappa shape index (κ2) is 33.4. The number of aliphatic imine (C=N–C) groups is 1. The average Bonchev–Trinajstić information content (AvgIpc) is 4.08. The average molecular weight is 1080 g/mol. The van der Waals surface area contributed by atoms with Crippen molar-refractivity contribution in [1.29, 1.82) is 0 Å². The number of carboxylic acids is 1. The van der Waals surface area contributed by atoms with Crippen molar-refractivity contribution in [2.45, 2.75) is 147 Å². The van der Waals surface area contributed by atoms with Crippen molar-refractivity contribution in [3.05, 3.63) is 36.4 Å². The van der Waals surface area contributed by atoms with Crippen LogP contribution in [0.5, 0.6) is 0 Å². The molecule has 0 bridgehead atoms. The molecule has 0 saturated heterocycles. The van der Waals surface area contributed by atoms with Crippen molar-refractivity contribution in [3.63, 3.8) is 0 Å². The third-order valence-electron chi connectivity index (χ3n) is 11.6. The summed E-state index contributed by atoms with van der Waals surface area (Å²) in [5, 5.41) is 30.5. The third kappa shape index (κ3) is 22.8. The van der Waals surface area contributed by atoms with Crippen molar-refractivity contribution in [1.82, 2.24) is 62.5 Å². The van der Waals surface area contributed by atoms with Gasteiger partial charge in [-0.2, -0.15) is 25.3 Å². The fourth-order valence-electron chi connectivity index (χ4n) is 7.15. The smallest absolute Gasteiger partial charge is 0.327 e. The molecule has 27 nitrogen and oxygen atoms in total. The van der Waals surface area contributed by atoms with Gasteiger partial charge in [0.1, 0.15) is 48.3 Å². The largest absolute Gasteiger partial charge is 0.480 e. The van der Waals surface area contributed by atoms with Gasteiger partial charge >= 0.3 is 5.97 Å². The fraction of sp³-hybridized carbons (Fsp3) is 0.644. The molecule has 0 aromatic carbocycles. The van der Waals surface area contributed by atoms with Crippen LogP contribution in [0.3, 0.4) is 0 Å². The van der Waals surface area contributed by atoms with Gasteiger partial charge in [-0.25, -0.2) is 14.8 Å². The van der Waals surface area contributed by atoms with E-state index in [1.807, 2.05) is 0 Å². The topological polar surface area (TPSA) is 444 Å². The zero-order valence-corrected chi connectivity index (χ0v) is 44.3. The maximum atomic E-state index is 14.3. The summed E-state index contributed by atoms with van der Waals surface area (Å²) in [4.78, 5) is 140. The van der Waals surface area contributed by atoms with Crippen LogP contribution in [-0.4, -0.2) is 163 Å². The van der Waals surface area contributed by atoms with Gasteiger partial charge in [-0.3, -0.25) is 43.3 Å². The van der Waals surface area contributed by atoms with Gasteiger partial charge in [-0.1, -0.05) is 34.1 Å². The van der Waals surface area contributed by atoms with Crippen molar-refractivity contribution >= 4 is 84.4 Å². The molecule has 2 heterocycles. The molecule has 0 aliphatic carbocycles. The van der Waals surface area contributed by atoms with E-state index in [0.29, 0.717) is 37.2 Å². The molecule has 2 aromatic heterocycles. The molecule has 2 rings (SSSR count). The van der Waals surface area contributed by atoms with Crippen LogP contribution >= 0.6 is 25.3 Å². The number of aromatic amines is 2. The molecule has 0 fully saturated rings. The number of H-pyrrole nitrogens is 2. The highest BCUT2D eigenvalue weighted by Gasteiger charge is 2.36. The number of carbonyl (C=O) groups is 9. The molecule has 10 atom stereocenters. The molecule has 0 unspecified atom stereocenters. The number of thiol groups is 2. The normalized spacial score (nSPS) is 15.2. The lowest BCUT2D eigenvalue weighted by atomic mass is 9.96. The SMILES string of the molecule is CC[C@H](C)[C@H](NC(=O)[C@H](CCCN=C(N)N)NC(=O)[C@@H](N)CS)C(=O)N[C@@H](Cc1cnc[nH]1)C(=O)N[C@@H](CC(C)C)C(=O)N[C@@H](C)C(=O)N[C@@H](Cc1cnc[nH]1)C(=O)N[C@@H](CCCCN)C(=O)N[C@@H](CS)C(=O)O. The van der Waals surface area contributed by atoms with Crippen molar-refractivity contribution in [2.75, 3.05) is 24.6 Å². The summed E-state index contributed by atoms with van der Waals surface area (Å²) in [6, 6.07) is -11.3. The number of hydrogen-bond acceptors (Lipinski definition) is 16. The predicted octanol–water partition coefficient (Wildman–Crippen LogP) is -3.64. The second-order valence-corrected chi connectivity index (χ2v) is 18.9. The van der Waals surface area contributed by atoms with E-state index in [1.165, 1.54) is 32.0 Å². The zero-order chi connectivity index (χ0) is 55.5. The molecule has 0 radical (unpaired) electrons. The van der Waals surface area contributed by atoms with E-state index >= 15 is 0 Å². The molecule has 19 N–H and O–H groups in total. The Balaban J connectivity index is 2.37. The summed E-state index contributed by atoms with van der Waals surface area (Å²) in [6.07, 6.45) is 7.14. The number of rotatable bonds is 35. The Kier molecular flexibility index (Phi) is 28.7. The first kappa shape index (κ1) is 63.7. The Hall–Kier alpha value is -6.46. The number of aromatic nitrogens is 4. The number of nitrogens with one attached hydrogen (secondary N) is 10. The van der Waals surface area contributed by atoms with E-state index in [-0.39, 0.29) is 68.5 Å². The zero-order valence-electron chi connectivity index (χ0n) is 42.5. The van der Waals surface area contributed by atoms with Gasteiger partial charge in [-0.15, -0.1) is 0 Å². The summed E-state index contributed by atoms with van der Waals surface area (Å²) < 4.78 is 0. The van der Waals surface area contributed by atoms with Gasteiger partial charge in [0, 0.05) is 54.7 Å². The van der Waals surface area contributed by atoms with Crippen LogP contribution in [0.4, 0.5) is 0 Å². The summed E-state index contributed by atoms with van der Waals surface area (Å²) in [5.74, 6) is -8.50. The Morgan fingerprint density at radius 1 is 0.622 bits per heavy atom. The van der Waals surface area contributed by atoms with Crippen LogP contribution in [0.25, 0.3) is 0 Å². The van der Waals surface area contributed by atoms with Gasteiger partial charge in [-0.05, 0) is 63.8 Å². The number of nitrogens with two attached hydrogens (primary N) is 4. The van der Waals surface area contributed by atoms with E-state index in [2.05, 4.69) is 92.7 Å². The quantitative estimate of drug-likeness (QED) is 0.0137. The van der Waals surface area contributed by atoms with Gasteiger partial charge in [0.2, 0.25) is 47.3 Å². The number of carboxylic acid groups (broad SMARTS) is 1. The first-order valence-corrected chi connectivity index (χ1v) is 25.6. The van der Waals surface area contributed by atoms with Crippen LogP contribution in [0.1, 0.15) is 91.0 Å². The summed E-state index contributed by atoms with van der Waals surface area (Å²) in [6.45, 7) is 8.92. The highest BCUT2D eigenvalue weighted by Crippen LogP contribution is 2.13. The molecular formula is C45H77N17O10S2. The van der Waals surface area contributed by atoms with E-state index in [9.17, 15) is 48.3 Å². The number of hydrogen-bond donors (Lipinski definition) is 17. The lowest BCUT2D eigenvalue weighted by Crippen LogP contribution is -2.61. The van der Waals surface area contributed by atoms with Gasteiger partial charge in [0.15, 0.2) is 5.96 Å². The lowest BCUT2D eigenvalue weighted by molar-refractivity contribution is -0.141. The summed E-state index contributed by atoms with van der Waals surface area (Å²) in [5.41, 5.74) is 23.3. The monoisotopic (exact) mass is 1080 g/mol. The highest BCUT2D eigenvalue weighted by molar-refractivity contribution is 7.80. The number of nitrogens with zero attached hydrogens (tertiary/aromatic N) is 3. The van der Waals surface area contributed by atoms with Crippen molar-refractivity contribution in [3.8, 4) is 0 Å². The number of imidazole rings is 2. The molecule has 414 valence electrons. The maximum Gasteiger partial charge on any atom is 0.327 e. The first-order chi connectivity index (χ1) is 35.0. The van der Waals surface area contributed by atoms with Crippen molar-refractivity contribution < 1.29 is 48.3 Å². The predicted molar refractivity (Wildman–Crippen MR) is 281 cm³/mol. The molecule has 74 heavy (non-hydrogen) atoms. The van der Waals surface area contributed by atoms with E-state index in [1.54, 1.807) is 27.7 Å². The molecule has 8 amide bonds. The van der Waals surface area contributed by atoms with Crippen LogP contribution in [-0.2, 0) is 56.0 Å². The number of amides is 8. The minimum atomic E-state index is -1.35. The number of aliphatic carboxylic acids is 1. The minimum Gasteiger partial charge on any atom is -0.480 e.